The number of benzene rings is 2. The SMILES string of the molecule is CN1/C(=C\CC2=[N+](C)c3ccccc3C2(C)C)C(C)(C)c2ccccc21. The van der Waals surface area contributed by atoms with Gasteiger partial charge in [0.2, 0.25) is 5.69 Å². The molecule has 0 unspecified atom stereocenters. The van der Waals surface area contributed by atoms with E-state index in [1.165, 1.54) is 33.9 Å². The van der Waals surface area contributed by atoms with Gasteiger partial charge in [-0.05, 0) is 25.5 Å². The topological polar surface area (TPSA) is 6.25 Å². The first-order valence-corrected chi connectivity index (χ1v) is 9.49. The molecular weight excluding hydrogens is 316 g/mol. The van der Waals surface area contributed by atoms with Gasteiger partial charge in [-0.2, -0.15) is 0 Å². The molecule has 134 valence electrons. The molecule has 2 aliphatic rings. The van der Waals surface area contributed by atoms with Crippen molar-refractivity contribution in [3.63, 3.8) is 0 Å². The molecule has 0 saturated carbocycles. The van der Waals surface area contributed by atoms with Gasteiger partial charge in [0.05, 0.1) is 5.41 Å². The number of para-hydroxylation sites is 2. The Morgan fingerprint density at radius 3 is 2.15 bits per heavy atom. The Kier molecular flexibility index (Phi) is 3.66. The zero-order chi connectivity index (χ0) is 18.7. The third-order valence-corrected chi connectivity index (χ3v) is 6.49. The molecule has 0 saturated heterocycles. The monoisotopic (exact) mass is 345 g/mol. The molecule has 0 fully saturated rings. The van der Waals surface area contributed by atoms with E-state index >= 15 is 0 Å². The van der Waals surface area contributed by atoms with Crippen LogP contribution in [-0.2, 0) is 10.8 Å². The molecule has 2 heteroatoms. The molecule has 2 aromatic carbocycles. The lowest BCUT2D eigenvalue weighted by Crippen LogP contribution is -2.29. The third kappa shape index (κ3) is 2.21. The van der Waals surface area contributed by atoms with Gasteiger partial charge in [-0.1, -0.05) is 56.3 Å². The molecule has 4 rings (SSSR count). The minimum Gasteiger partial charge on any atom is -0.347 e. The number of allylic oxidation sites excluding steroid dienone is 2. The first kappa shape index (κ1) is 17.1. The Balaban J connectivity index is 1.73. The van der Waals surface area contributed by atoms with E-state index in [1.54, 1.807) is 0 Å². The van der Waals surface area contributed by atoms with Gasteiger partial charge in [0.1, 0.15) is 7.05 Å². The van der Waals surface area contributed by atoms with E-state index < -0.39 is 0 Å². The Morgan fingerprint density at radius 2 is 1.50 bits per heavy atom. The van der Waals surface area contributed by atoms with Crippen molar-refractivity contribution in [2.75, 3.05) is 19.0 Å². The van der Waals surface area contributed by atoms with Crippen LogP contribution in [0.15, 0.2) is 60.3 Å². The smallest absolute Gasteiger partial charge is 0.209 e. The third-order valence-electron chi connectivity index (χ3n) is 6.49. The molecule has 0 spiro atoms. The van der Waals surface area contributed by atoms with Crippen LogP contribution in [0.1, 0.15) is 45.2 Å². The fourth-order valence-electron chi connectivity index (χ4n) is 4.97. The fourth-order valence-corrected chi connectivity index (χ4v) is 4.97. The number of anilines is 1. The van der Waals surface area contributed by atoms with Crippen molar-refractivity contribution in [2.24, 2.45) is 0 Å². The highest BCUT2D eigenvalue weighted by Gasteiger charge is 2.44. The van der Waals surface area contributed by atoms with Crippen molar-refractivity contribution in [3.8, 4) is 0 Å². The maximum atomic E-state index is 2.44. The van der Waals surface area contributed by atoms with Crippen LogP contribution < -0.4 is 4.90 Å². The van der Waals surface area contributed by atoms with Gasteiger partial charge in [0, 0.05) is 41.9 Å². The van der Waals surface area contributed by atoms with E-state index in [-0.39, 0.29) is 10.8 Å². The van der Waals surface area contributed by atoms with Crippen molar-refractivity contribution in [3.05, 3.63) is 71.4 Å². The minimum absolute atomic E-state index is 0.0417. The molecule has 0 aromatic heterocycles. The molecule has 2 aromatic rings. The van der Waals surface area contributed by atoms with Gasteiger partial charge in [-0.3, -0.25) is 0 Å². The van der Waals surface area contributed by atoms with Gasteiger partial charge in [0.15, 0.2) is 5.71 Å². The number of likely N-dealkylation sites (N-methyl/N-ethyl adjacent to an activating group) is 1. The molecule has 0 amide bonds. The molecule has 0 N–H and O–H groups in total. The van der Waals surface area contributed by atoms with E-state index in [2.05, 4.69) is 106 Å². The van der Waals surface area contributed by atoms with Gasteiger partial charge < -0.3 is 4.90 Å². The van der Waals surface area contributed by atoms with Crippen molar-refractivity contribution in [2.45, 2.75) is 44.9 Å². The number of rotatable bonds is 2. The zero-order valence-electron chi connectivity index (χ0n) is 16.8. The summed E-state index contributed by atoms with van der Waals surface area (Å²) < 4.78 is 2.39. The molecule has 0 radical (unpaired) electrons. The Labute approximate surface area is 157 Å². The standard InChI is InChI=1S/C24H29N2/c1-23(2)17-11-7-9-13-19(17)25(5)21(23)15-16-22-24(3,4)18-12-8-10-14-20(18)26(22)6/h7-15H,16H2,1-6H3/q+1/b21-15-. The van der Waals surface area contributed by atoms with Crippen molar-refractivity contribution in [1.82, 2.24) is 0 Å². The summed E-state index contributed by atoms with van der Waals surface area (Å²) >= 11 is 0. The molecule has 0 atom stereocenters. The predicted molar refractivity (Wildman–Crippen MR) is 111 cm³/mol. The van der Waals surface area contributed by atoms with Gasteiger partial charge in [-0.15, -0.1) is 0 Å². The second kappa shape index (κ2) is 5.57. The predicted octanol–water partition coefficient (Wildman–Crippen LogP) is 5.39. The molecule has 2 nitrogen and oxygen atoms in total. The first-order valence-electron chi connectivity index (χ1n) is 9.49. The van der Waals surface area contributed by atoms with Crippen LogP contribution in [0.3, 0.4) is 0 Å². The molecule has 0 aliphatic carbocycles. The normalized spacial score (nSPS) is 21.3. The number of nitrogens with zero attached hydrogens (tertiary/aromatic N) is 2. The lowest BCUT2D eigenvalue weighted by molar-refractivity contribution is -0.403. The highest BCUT2D eigenvalue weighted by Crippen LogP contribution is 2.47. The summed E-state index contributed by atoms with van der Waals surface area (Å²) in [6.07, 6.45) is 3.41. The Morgan fingerprint density at radius 1 is 0.885 bits per heavy atom. The maximum absolute atomic E-state index is 2.44. The Bertz CT molecular complexity index is 944. The molecule has 2 heterocycles. The van der Waals surface area contributed by atoms with Crippen molar-refractivity contribution < 1.29 is 4.58 Å². The van der Waals surface area contributed by atoms with E-state index in [0.717, 1.165) is 6.42 Å². The maximum Gasteiger partial charge on any atom is 0.209 e. The summed E-state index contributed by atoms with van der Waals surface area (Å²) in [7, 11) is 4.40. The summed E-state index contributed by atoms with van der Waals surface area (Å²) in [6, 6.07) is 17.6. The van der Waals surface area contributed by atoms with Crippen LogP contribution >= 0.6 is 0 Å². The molecule has 2 aliphatic heterocycles. The fraction of sp³-hybridized carbons (Fsp3) is 0.375. The van der Waals surface area contributed by atoms with E-state index in [9.17, 15) is 0 Å². The Hall–Kier alpha value is -2.35. The summed E-state index contributed by atoms with van der Waals surface area (Å²) in [6.45, 7) is 9.37. The van der Waals surface area contributed by atoms with E-state index in [4.69, 9.17) is 0 Å². The lowest BCUT2D eigenvalue weighted by Gasteiger charge is -2.25. The molecular formula is C24H29N2+. The van der Waals surface area contributed by atoms with Gasteiger partial charge >= 0.3 is 0 Å². The second-order valence-electron chi connectivity index (χ2n) is 8.64. The number of fused-ring (bicyclic) bond motifs is 2. The quantitative estimate of drug-likeness (QED) is 0.661. The van der Waals surface area contributed by atoms with Crippen LogP contribution in [0, 0.1) is 0 Å². The van der Waals surface area contributed by atoms with Gasteiger partial charge in [0.25, 0.3) is 0 Å². The van der Waals surface area contributed by atoms with Crippen LogP contribution in [0.25, 0.3) is 0 Å². The summed E-state index contributed by atoms with van der Waals surface area (Å²) in [5.41, 5.74) is 8.48. The summed E-state index contributed by atoms with van der Waals surface area (Å²) in [5, 5.41) is 0. The largest absolute Gasteiger partial charge is 0.347 e. The van der Waals surface area contributed by atoms with Crippen LogP contribution in [0.5, 0.6) is 0 Å². The molecule has 0 bridgehead atoms. The average Bonchev–Trinajstić information content (AvgIpc) is 2.94. The zero-order valence-corrected chi connectivity index (χ0v) is 16.8. The summed E-state index contributed by atoms with van der Waals surface area (Å²) in [4.78, 5) is 2.37. The van der Waals surface area contributed by atoms with Crippen LogP contribution in [0.2, 0.25) is 0 Å². The second-order valence-corrected chi connectivity index (χ2v) is 8.64. The average molecular weight is 346 g/mol. The van der Waals surface area contributed by atoms with E-state index in [1.807, 2.05) is 0 Å². The minimum atomic E-state index is 0.0417. The van der Waals surface area contributed by atoms with Crippen LogP contribution in [-0.4, -0.2) is 24.4 Å². The van der Waals surface area contributed by atoms with Gasteiger partial charge in [-0.25, -0.2) is 4.58 Å². The van der Waals surface area contributed by atoms with Crippen LogP contribution in [0.4, 0.5) is 11.4 Å². The number of hydrogen-bond acceptors (Lipinski definition) is 1. The van der Waals surface area contributed by atoms with E-state index in [0.29, 0.717) is 0 Å². The molecule has 26 heavy (non-hydrogen) atoms. The number of hydrogen-bond donors (Lipinski definition) is 0. The lowest BCUT2D eigenvalue weighted by atomic mass is 9.79. The highest BCUT2D eigenvalue weighted by atomic mass is 15.2. The first-order chi connectivity index (χ1) is 12.3. The van der Waals surface area contributed by atoms with Crippen molar-refractivity contribution in [1.29, 1.82) is 0 Å². The van der Waals surface area contributed by atoms with Crippen molar-refractivity contribution >= 4 is 17.1 Å². The highest BCUT2D eigenvalue weighted by molar-refractivity contribution is 5.96. The summed E-state index contributed by atoms with van der Waals surface area (Å²) in [5.74, 6) is 0.